The zero-order chi connectivity index (χ0) is 21.3. The highest BCUT2D eigenvalue weighted by molar-refractivity contribution is 5.94. The first kappa shape index (κ1) is 21.0. The van der Waals surface area contributed by atoms with Gasteiger partial charge in [0.15, 0.2) is 5.82 Å². The molecule has 3 atom stereocenters. The maximum Gasteiger partial charge on any atom is 0.251 e. The molecule has 2 aliphatic rings. The van der Waals surface area contributed by atoms with Crippen LogP contribution in [0.1, 0.15) is 80.1 Å². The van der Waals surface area contributed by atoms with Crippen molar-refractivity contribution in [2.45, 2.75) is 71.2 Å². The summed E-state index contributed by atoms with van der Waals surface area (Å²) in [6.45, 7) is 11.0. The highest BCUT2D eigenvalue weighted by Crippen LogP contribution is 2.38. The van der Waals surface area contributed by atoms with E-state index in [0.717, 1.165) is 38.3 Å². The van der Waals surface area contributed by atoms with Gasteiger partial charge in [0.1, 0.15) is 6.04 Å². The van der Waals surface area contributed by atoms with Crippen LogP contribution in [0.15, 0.2) is 28.8 Å². The fourth-order valence-corrected chi connectivity index (χ4v) is 4.05. The molecule has 2 aromatic rings. The maximum atomic E-state index is 12.8. The number of rotatable bonds is 7. The predicted molar refractivity (Wildman–Crippen MR) is 113 cm³/mol. The van der Waals surface area contributed by atoms with Crippen LogP contribution in [0.3, 0.4) is 0 Å². The second-order valence-electron chi connectivity index (χ2n) is 9.11. The Kier molecular flexibility index (Phi) is 6.20. The summed E-state index contributed by atoms with van der Waals surface area (Å²) in [5, 5.41) is 7.16. The van der Waals surface area contributed by atoms with E-state index in [0.29, 0.717) is 17.4 Å². The highest BCUT2D eigenvalue weighted by atomic mass is 16.5. The lowest BCUT2D eigenvalue weighted by Gasteiger charge is -2.35. The summed E-state index contributed by atoms with van der Waals surface area (Å²) in [5.74, 6) is 1.70. The third kappa shape index (κ3) is 5.08. The number of ether oxygens (including phenoxy) is 1. The number of nitrogens with one attached hydrogen (secondary N) is 1. The van der Waals surface area contributed by atoms with Gasteiger partial charge in [0.05, 0.1) is 12.2 Å². The fourth-order valence-electron chi connectivity index (χ4n) is 4.05. The van der Waals surface area contributed by atoms with Crippen molar-refractivity contribution in [2.24, 2.45) is 5.92 Å². The van der Waals surface area contributed by atoms with Crippen LogP contribution >= 0.6 is 0 Å². The molecule has 1 aliphatic heterocycles. The van der Waals surface area contributed by atoms with Crippen LogP contribution in [-0.2, 0) is 11.3 Å². The Labute approximate surface area is 178 Å². The molecule has 2 heterocycles. The Balaban J connectivity index is 1.38. The van der Waals surface area contributed by atoms with Crippen molar-refractivity contribution in [1.29, 1.82) is 0 Å². The minimum absolute atomic E-state index is 0.125. The van der Waals surface area contributed by atoms with Gasteiger partial charge in [0.25, 0.3) is 5.91 Å². The lowest BCUT2D eigenvalue weighted by Crippen LogP contribution is -2.44. The number of carbonyl (C=O) groups excluding carboxylic acids is 1. The van der Waals surface area contributed by atoms with Crippen LogP contribution < -0.4 is 5.32 Å². The highest BCUT2D eigenvalue weighted by Gasteiger charge is 2.31. The van der Waals surface area contributed by atoms with E-state index >= 15 is 0 Å². The van der Waals surface area contributed by atoms with E-state index in [1.54, 1.807) is 0 Å². The van der Waals surface area contributed by atoms with Gasteiger partial charge in [-0.2, -0.15) is 4.98 Å². The van der Waals surface area contributed by atoms with Gasteiger partial charge < -0.3 is 14.6 Å². The van der Waals surface area contributed by atoms with Crippen LogP contribution in [0.4, 0.5) is 0 Å². The standard InChI is InChI=1S/C23H32N4O3/c1-14(2)20(23-25-21(26-30-23)18-9-10-18)24-22(28)19-7-5-17(6-8-19)13-27-11-15(3)29-16(4)12-27/h5-8,14-16,18,20H,9-13H2,1-4H3,(H,24,28). The zero-order valence-corrected chi connectivity index (χ0v) is 18.3. The number of amides is 1. The van der Waals surface area contributed by atoms with E-state index in [1.165, 1.54) is 5.56 Å². The van der Waals surface area contributed by atoms with Crippen molar-refractivity contribution in [1.82, 2.24) is 20.4 Å². The summed E-state index contributed by atoms with van der Waals surface area (Å²) in [6, 6.07) is 7.54. The number of carbonyl (C=O) groups is 1. The number of morpholine rings is 1. The van der Waals surface area contributed by atoms with Gasteiger partial charge in [-0.1, -0.05) is 31.1 Å². The van der Waals surface area contributed by atoms with Gasteiger partial charge in [-0.3, -0.25) is 9.69 Å². The van der Waals surface area contributed by atoms with Crippen molar-refractivity contribution in [2.75, 3.05) is 13.1 Å². The number of nitrogens with zero attached hydrogens (tertiary/aromatic N) is 3. The van der Waals surface area contributed by atoms with Crippen molar-refractivity contribution in [3.05, 3.63) is 47.1 Å². The Morgan fingerprint density at radius 3 is 2.43 bits per heavy atom. The molecule has 1 amide bonds. The summed E-state index contributed by atoms with van der Waals surface area (Å²) in [7, 11) is 0. The Morgan fingerprint density at radius 2 is 1.83 bits per heavy atom. The summed E-state index contributed by atoms with van der Waals surface area (Å²) in [6.07, 6.45) is 2.73. The summed E-state index contributed by atoms with van der Waals surface area (Å²) < 4.78 is 11.3. The molecule has 1 saturated heterocycles. The van der Waals surface area contributed by atoms with Gasteiger partial charge in [0.2, 0.25) is 5.89 Å². The van der Waals surface area contributed by atoms with Crippen LogP contribution in [-0.4, -0.2) is 46.2 Å². The average Bonchev–Trinajstić information content (AvgIpc) is 3.43. The molecular formula is C23H32N4O3. The van der Waals surface area contributed by atoms with Gasteiger partial charge in [0, 0.05) is 31.1 Å². The number of benzene rings is 1. The van der Waals surface area contributed by atoms with Crippen LogP contribution in [0, 0.1) is 5.92 Å². The maximum absolute atomic E-state index is 12.8. The number of hydrogen-bond acceptors (Lipinski definition) is 6. The first-order valence-corrected chi connectivity index (χ1v) is 11.0. The van der Waals surface area contributed by atoms with Crippen molar-refractivity contribution in [3.8, 4) is 0 Å². The van der Waals surface area contributed by atoms with Gasteiger partial charge in [-0.05, 0) is 50.3 Å². The van der Waals surface area contributed by atoms with E-state index < -0.39 is 0 Å². The number of hydrogen-bond donors (Lipinski definition) is 1. The fraction of sp³-hybridized carbons (Fsp3) is 0.609. The third-order valence-corrected chi connectivity index (χ3v) is 5.74. The monoisotopic (exact) mass is 412 g/mol. The second-order valence-corrected chi connectivity index (χ2v) is 9.11. The minimum atomic E-state index is -0.298. The molecule has 30 heavy (non-hydrogen) atoms. The molecule has 4 rings (SSSR count). The van der Waals surface area contributed by atoms with E-state index in [1.807, 2.05) is 38.1 Å². The smallest absolute Gasteiger partial charge is 0.251 e. The lowest BCUT2D eigenvalue weighted by atomic mass is 10.0. The molecule has 0 spiro atoms. The van der Waals surface area contributed by atoms with Crippen LogP contribution in [0.25, 0.3) is 0 Å². The topological polar surface area (TPSA) is 80.5 Å². The van der Waals surface area contributed by atoms with Crippen LogP contribution in [0.5, 0.6) is 0 Å². The van der Waals surface area contributed by atoms with Crippen molar-refractivity contribution in [3.63, 3.8) is 0 Å². The summed E-state index contributed by atoms with van der Waals surface area (Å²) in [4.78, 5) is 19.8. The molecular weight excluding hydrogens is 380 g/mol. The number of aromatic nitrogens is 2. The first-order chi connectivity index (χ1) is 14.4. The second kappa shape index (κ2) is 8.86. The third-order valence-electron chi connectivity index (χ3n) is 5.74. The van der Waals surface area contributed by atoms with E-state index in [-0.39, 0.29) is 30.1 Å². The summed E-state index contributed by atoms with van der Waals surface area (Å²) in [5.41, 5.74) is 1.83. The molecule has 3 unspecified atom stereocenters. The van der Waals surface area contributed by atoms with Crippen LogP contribution in [0.2, 0.25) is 0 Å². The Morgan fingerprint density at radius 1 is 1.17 bits per heavy atom. The lowest BCUT2D eigenvalue weighted by molar-refractivity contribution is -0.0704. The van der Waals surface area contributed by atoms with Gasteiger partial charge >= 0.3 is 0 Å². The molecule has 1 aliphatic carbocycles. The molecule has 1 saturated carbocycles. The quantitative estimate of drug-likeness (QED) is 0.747. The van der Waals surface area contributed by atoms with Gasteiger partial charge in [-0.15, -0.1) is 0 Å². The van der Waals surface area contributed by atoms with Crippen molar-refractivity contribution < 1.29 is 14.1 Å². The average molecular weight is 413 g/mol. The minimum Gasteiger partial charge on any atom is -0.373 e. The molecule has 7 nitrogen and oxygen atoms in total. The van der Waals surface area contributed by atoms with E-state index in [9.17, 15) is 4.79 Å². The molecule has 1 N–H and O–H groups in total. The van der Waals surface area contributed by atoms with Crippen molar-refractivity contribution >= 4 is 5.91 Å². The van der Waals surface area contributed by atoms with E-state index in [2.05, 4.69) is 34.2 Å². The largest absolute Gasteiger partial charge is 0.373 e. The first-order valence-electron chi connectivity index (χ1n) is 11.0. The normalized spacial score (nSPS) is 23.5. The zero-order valence-electron chi connectivity index (χ0n) is 18.3. The Bertz CT molecular complexity index is 850. The Hall–Kier alpha value is -2.25. The molecule has 0 bridgehead atoms. The van der Waals surface area contributed by atoms with E-state index in [4.69, 9.17) is 9.26 Å². The molecule has 7 heteroatoms. The molecule has 162 valence electrons. The molecule has 1 aromatic carbocycles. The van der Waals surface area contributed by atoms with Gasteiger partial charge in [-0.25, -0.2) is 0 Å². The molecule has 0 radical (unpaired) electrons. The predicted octanol–water partition coefficient (Wildman–Crippen LogP) is 3.68. The SMILES string of the molecule is CC1CN(Cc2ccc(C(=O)NC(c3nc(C4CC4)no3)C(C)C)cc2)CC(C)O1. The molecule has 2 fully saturated rings. The molecule has 1 aromatic heterocycles. The summed E-state index contributed by atoms with van der Waals surface area (Å²) >= 11 is 0.